The van der Waals surface area contributed by atoms with E-state index in [0.717, 1.165) is 52.6 Å². The van der Waals surface area contributed by atoms with Gasteiger partial charge in [0.25, 0.3) is 5.91 Å². The molecule has 5 rings (SSSR count). The number of phenols is 1. The number of amides is 1. The predicted molar refractivity (Wildman–Crippen MR) is 145 cm³/mol. The van der Waals surface area contributed by atoms with E-state index in [2.05, 4.69) is 24.0 Å². The largest absolute Gasteiger partial charge is 0.508 e. The number of nitrogens with zero attached hydrogens (tertiary/aromatic N) is 2. The molecule has 3 heterocycles. The number of rotatable bonds is 7. The molecule has 0 spiro atoms. The molecular formula is C29H32N2O4S. The number of allylic oxidation sites excluding steroid dienone is 1. The van der Waals surface area contributed by atoms with E-state index in [1.165, 1.54) is 24.2 Å². The summed E-state index contributed by atoms with van der Waals surface area (Å²) in [5.74, 6) is 1.69. The number of ether oxygens (including phenoxy) is 2. The van der Waals surface area contributed by atoms with E-state index in [0.29, 0.717) is 18.1 Å². The van der Waals surface area contributed by atoms with E-state index in [9.17, 15) is 9.90 Å². The Hall–Kier alpha value is -3.29. The lowest BCUT2D eigenvalue weighted by molar-refractivity contribution is 0.0999. The van der Waals surface area contributed by atoms with Crippen molar-refractivity contribution < 1.29 is 19.4 Å². The van der Waals surface area contributed by atoms with E-state index in [-0.39, 0.29) is 17.6 Å². The molecule has 188 valence electrons. The summed E-state index contributed by atoms with van der Waals surface area (Å²) in [6.07, 6.45) is 7.27. The first kappa shape index (κ1) is 24.4. The van der Waals surface area contributed by atoms with Crippen LogP contribution in [0.4, 0.5) is 5.69 Å². The molecule has 1 fully saturated rings. The number of fused-ring (bicyclic) bond motifs is 1. The zero-order chi connectivity index (χ0) is 25.1. The van der Waals surface area contributed by atoms with Gasteiger partial charge < -0.3 is 14.6 Å². The molecule has 0 aliphatic carbocycles. The Labute approximate surface area is 216 Å². The number of carbonyl (C=O) groups is 1. The molecule has 1 unspecified atom stereocenters. The number of hydrogen-bond acceptors (Lipinski definition) is 6. The number of benzene rings is 2. The number of phenolic OH excluding ortho intramolecular Hbond substituents is 1. The van der Waals surface area contributed by atoms with Gasteiger partial charge >= 0.3 is 0 Å². The Bertz CT molecular complexity index is 1240. The summed E-state index contributed by atoms with van der Waals surface area (Å²) in [5, 5.41) is 9.66. The molecule has 1 amide bonds. The normalized spacial score (nSPS) is 19.0. The van der Waals surface area contributed by atoms with Gasteiger partial charge in [-0.15, -0.1) is 11.3 Å². The summed E-state index contributed by atoms with van der Waals surface area (Å²) in [7, 11) is 1.63. The highest BCUT2D eigenvalue weighted by atomic mass is 32.1. The van der Waals surface area contributed by atoms with Gasteiger partial charge in [-0.05, 0) is 91.9 Å². The SMILES string of the molecule is COc1cc(N2/C=C/CC(C)c3cc(-c4ccc(O)cc4)sc3C2=O)ccc1OCCN1CCCC1. The van der Waals surface area contributed by atoms with Gasteiger partial charge in [-0.1, -0.05) is 13.0 Å². The number of likely N-dealkylation sites (tertiary alicyclic amines) is 1. The molecule has 1 atom stereocenters. The lowest BCUT2D eigenvalue weighted by atomic mass is 9.95. The van der Waals surface area contributed by atoms with Crippen LogP contribution in [0.2, 0.25) is 0 Å². The van der Waals surface area contributed by atoms with Crippen LogP contribution in [0.5, 0.6) is 17.2 Å². The Morgan fingerprint density at radius 2 is 1.83 bits per heavy atom. The first-order valence-electron chi connectivity index (χ1n) is 12.5. The van der Waals surface area contributed by atoms with Crippen LogP contribution in [0.25, 0.3) is 10.4 Å². The van der Waals surface area contributed by atoms with Gasteiger partial charge in [0, 0.05) is 23.7 Å². The highest BCUT2D eigenvalue weighted by Crippen LogP contribution is 2.40. The minimum absolute atomic E-state index is 0.0624. The number of thiophene rings is 1. The molecule has 2 aliphatic heterocycles. The first-order valence-corrected chi connectivity index (χ1v) is 13.3. The zero-order valence-electron chi connectivity index (χ0n) is 20.8. The van der Waals surface area contributed by atoms with Crippen molar-refractivity contribution in [1.29, 1.82) is 0 Å². The van der Waals surface area contributed by atoms with Crippen LogP contribution in [0, 0.1) is 0 Å². The minimum atomic E-state index is -0.0624. The summed E-state index contributed by atoms with van der Waals surface area (Å²) in [6, 6.07) is 14.9. The van der Waals surface area contributed by atoms with Gasteiger partial charge in [0.2, 0.25) is 0 Å². The molecule has 3 aromatic rings. The maximum Gasteiger partial charge on any atom is 0.272 e. The lowest BCUT2D eigenvalue weighted by Crippen LogP contribution is -2.27. The van der Waals surface area contributed by atoms with Crippen LogP contribution >= 0.6 is 11.3 Å². The van der Waals surface area contributed by atoms with Gasteiger partial charge in [-0.3, -0.25) is 14.6 Å². The van der Waals surface area contributed by atoms with Crippen LogP contribution in [0.15, 0.2) is 60.8 Å². The van der Waals surface area contributed by atoms with E-state index in [1.807, 2.05) is 36.5 Å². The third-order valence-corrected chi connectivity index (χ3v) is 8.08. The van der Waals surface area contributed by atoms with Crippen molar-refractivity contribution in [2.75, 3.05) is 38.3 Å². The Morgan fingerprint density at radius 1 is 1.06 bits per heavy atom. The van der Waals surface area contributed by atoms with Crippen LogP contribution in [0.1, 0.15) is 47.3 Å². The highest BCUT2D eigenvalue weighted by molar-refractivity contribution is 7.17. The summed E-state index contributed by atoms with van der Waals surface area (Å²) in [6.45, 7) is 5.94. The van der Waals surface area contributed by atoms with Gasteiger partial charge in [0.05, 0.1) is 17.7 Å². The Balaban J connectivity index is 1.40. The van der Waals surface area contributed by atoms with Gasteiger partial charge in [0.1, 0.15) is 12.4 Å². The smallest absolute Gasteiger partial charge is 0.272 e. The van der Waals surface area contributed by atoms with Crippen molar-refractivity contribution in [2.45, 2.75) is 32.1 Å². The standard InChI is InChI=1S/C29H32N2O4S/c1-20-6-5-15-31(29(33)28-24(20)19-27(36-28)21-7-10-23(32)11-8-21)22-9-12-25(26(18-22)34-2)35-17-16-30-13-3-4-14-30/h5,7-12,15,18-20,32H,3-4,6,13-14,16-17H2,1-2H3/b15-5+. The topological polar surface area (TPSA) is 62.2 Å². The fourth-order valence-electron chi connectivity index (χ4n) is 4.80. The van der Waals surface area contributed by atoms with E-state index >= 15 is 0 Å². The van der Waals surface area contributed by atoms with Crippen molar-refractivity contribution in [1.82, 2.24) is 4.90 Å². The number of carbonyl (C=O) groups excluding carboxylic acids is 1. The second-order valence-electron chi connectivity index (χ2n) is 9.37. The van der Waals surface area contributed by atoms with Gasteiger partial charge in [0.15, 0.2) is 11.5 Å². The van der Waals surface area contributed by atoms with Crippen LogP contribution in [0.3, 0.4) is 0 Å². The monoisotopic (exact) mass is 504 g/mol. The molecule has 0 radical (unpaired) electrons. The van der Waals surface area contributed by atoms with Crippen molar-refractivity contribution in [3.8, 4) is 27.7 Å². The molecule has 1 aromatic heterocycles. The fraction of sp³-hybridized carbons (Fsp3) is 0.345. The molecule has 0 saturated carbocycles. The predicted octanol–water partition coefficient (Wildman–Crippen LogP) is 6.27. The number of methoxy groups -OCH3 is 1. The van der Waals surface area contributed by atoms with Gasteiger partial charge in [-0.2, -0.15) is 0 Å². The van der Waals surface area contributed by atoms with Crippen molar-refractivity contribution >= 4 is 22.9 Å². The van der Waals surface area contributed by atoms with Crippen LogP contribution in [-0.4, -0.2) is 49.3 Å². The van der Waals surface area contributed by atoms with Crippen LogP contribution < -0.4 is 14.4 Å². The van der Waals surface area contributed by atoms with E-state index < -0.39 is 0 Å². The molecule has 1 N–H and O–H groups in total. The third kappa shape index (κ3) is 5.13. The zero-order valence-corrected chi connectivity index (χ0v) is 21.6. The first-order chi connectivity index (χ1) is 17.5. The quantitative estimate of drug-likeness (QED) is 0.411. The fourth-order valence-corrected chi connectivity index (χ4v) is 6.02. The molecule has 1 saturated heterocycles. The average molecular weight is 505 g/mol. The van der Waals surface area contributed by atoms with Crippen molar-refractivity contribution in [3.63, 3.8) is 0 Å². The molecule has 36 heavy (non-hydrogen) atoms. The molecular weight excluding hydrogens is 472 g/mol. The molecule has 0 bridgehead atoms. The summed E-state index contributed by atoms with van der Waals surface area (Å²) in [4.78, 5) is 19.7. The average Bonchev–Trinajstić information content (AvgIpc) is 3.57. The summed E-state index contributed by atoms with van der Waals surface area (Å²) in [5.41, 5.74) is 2.78. The lowest BCUT2D eigenvalue weighted by Gasteiger charge is -2.23. The summed E-state index contributed by atoms with van der Waals surface area (Å²) >= 11 is 1.50. The van der Waals surface area contributed by atoms with E-state index in [1.54, 1.807) is 24.1 Å². The third-order valence-electron chi connectivity index (χ3n) is 6.89. The second-order valence-corrected chi connectivity index (χ2v) is 10.4. The maximum atomic E-state index is 13.8. The number of anilines is 1. The van der Waals surface area contributed by atoms with Crippen molar-refractivity contribution in [2.24, 2.45) is 0 Å². The minimum Gasteiger partial charge on any atom is -0.508 e. The Kier molecular flexibility index (Phi) is 7.30. The number of aromatic hydroxyl groups is 1. The molecule has 2 aliphatic rings. The van der Waals surface area contributed by atoms with Crippen LogP contribution in [-0.2, 0) is 0 Å². The molecule has 7 heteroatoms. The second kappa shape index (κ2) is 10.8. The molecule has 6 nitrogen and oxygen atoms in total. The Morgan fingerprint density at radius 3 is 2.58 bits per heavy atom. The number of hydrogen-bond donors (Lipinski definition) is 1. The van der Waals surface area contributed by atoms with E-state index in [4.69, 9.17) is 9.47 Å². The highest BCUT2D eigenvalue weighted by Gasteiger charge is 2.27. The maximum absolute atomic E-state index is 13.8. The molecule has 2 aromatic carbocycles. The summed E-state index contributed by atoms with van der Waals surface area (Å²) < 4.78 is 11.7. The van der Waals surface area contributed by atoms with Crippen molar-refractivity contribution in [3.05, 3.63) is 71.2 Å². The van der Waals surface area contributed by atoms with Gasteiger partial charge in [-0.25, -0.2) is 0 Å².